The number of hydrogen-bond donors (Lipinski definition) is 1. The van der Waals surface area contributed by atoms with Crippen LogP contribution in [0.2, 0.25) is 5.02 Å². The van der Waals surface area contributed by atoms with E-state index in [4.69, 9.17) is 11.6 Å². The standard InChI is InChI=1S/C17H20ClN3O2/c1-2-21-14-9-8-11(18)10-13(14)16(22)15(20-21)17(23)19-12-6-4-3-5-7-12/h8-10,12H,2-7H2,1H3,(H,19,23). The third-order valence-corrected chi connectivity index (χ3v) is 4.61. The van der Waals surface area contributed by atoms with Crippen LogP contribution in [0.3, 0.4) is 0 Å². The summed E-state index contributed by atoms with van der Waals surface area (Å²) in [5.74, 6) is -0.383. The highest BCUT2D eigenvalue weighted by molar-refractivity contribution is 6.31. The zero-order valence-corrected chi connectivity index (χ0v) is 13.9. The number of fused-ring (bicyclic) bond motifs is 1. The van der Waals surface area contributed by atoms with Crippen molar-refractivity contribution in [1.82, 2.24) is 15.1 Å². The van der Waals surface area contributed by atoms with Crippen LogP contribution < -0.4 is 10.7 Å². The molecule has 0 bridgehead atoms. The number of carbonyl (C=O) groups is 1. The third-order valence-electron chi connectivity index (χ3n) is 4.37. The molecule has 6 heteroatoms. The highest BCUT2D eigenvalue weighted by atomic mass is 35.5. The summed E-state index contributed by atoms with van der Waals surface area (Å²) in [4.78, 5) is 25.1. The summed E-state index contributed by atoms with van der Waals surface area (Å²) < 4.78 is 1.67. The number of aryl methyl sites for hydroxylation is 1. The Hall–Kier alpha value is -1.88. The average molecular weight is 334 g/mol. The predicted molar refractivity (Wildman–Crippen MR) is 91.0 cm³/mol. The maximum atomic E-state index is 12.6. The first-order valence-corrected chi connectivity index (χ1v) is 8.49. The molecule has 1 saturated carbocycles. The number of amides is 1. The molecule has 23 heavy (non-hydrogen) atoms. The number of halogens is 1. The molecule has 0 saturated heterocycles. The summed E-state index contributed by atoms with van der Waals surface area (Å²) in [6.45, 7) is 2.50. The van der Waals surface area contributed by atoms with E-state index in [2.05, 4.69) is 10.4 Å². The Kier molecular flexibility index (Phi) is 4.66. The van der Waals surface area contributed by atoms with E-state index < -0.39 is 0 Å². The summed E-state index contributed by atoms with van der Waals surface area (Å²) in [6, 6.07) is 5.23. The van der Waals surface area contributed by atoms with Gasteiger partial charge in [0.2, 0.25) is 5.43 Å². The van der Waals surface area contributed by atoms with Gasteiger partial charge in [-0.1, -0.05) is 30.9 Å². The number of rotatable bonds is 3. The summed E-state index contributed by atoms with van der Waals surface area (Å²) in [6.07, 6.45) is 5.37. The van der Waals surface area contributed by atoms with Crippen LogP contribution >= 0.6 is 11.6 Å². The van der Waals surface area contributed by atoms with Gasteiger partial charge in [-0.05, 0) is 38.0 Å². The van der Waals surface area contributed by atoms with Crippen molar-refractivity contribution in [3.05, 3.63) is 39.1 Å². The molecule has 3 rings (SSSR count). The Morgan fingerprint density at radius 2 is 2.09 bits per heavy atom. The van der Waals surface area contributed by atoms with E-state index in [0.717, 1.165) is 25.7 Å². The van der Waals surface area contributed by atoms with Crippen LogP contribution in [-0.4, -0.2) is 21.7 Å². The fraction of sp³-hybridized carbons (Fsp3) is 0.471. The molecule has 0 unspecified atom stereocenters. The summed E-state index contributed by atoms with van der Waals surface area (Å²) in [5.41, 5.74) is 0.281. The minimum absolute atomic E-state index is 0.0489. The molecule has 1 aliphatic carbocycles. The van der Waals surface area contributed by atoms with Gasteiger partial charge in [-0.3, -0.25) is 14.3 Å². The van der Waals surface area contributed by atoms with Crippen LogP contribution in [0.1, 0.15) is 49.5 Å². The van der Waals surface area contributed by atoms with E-state index in [1.165, 1.54) is 6.42 Å². The molecule has 0 atom stereocenters. The van der Waals surface area contributed by atoms with Gasteiger partial charge in [0.05, 0.1) is 10.9 Å². The number of carbonyl (C=O) groups excluding carboxylic acids is 1. The van der Waals surface area contributed by atoms with Crippen molar-refractivity contribution >= 4 is 28.4 Å². The number of benzene rings is 1. The van der Waals surface area contributed by atoms with E-state index in [9.17, 15) is 9.59 Å². The number of aromatic nitrogens is 2. The van der Waals surface area contributed by atoms with Crippen molar-refractivity contribution in [2.45, 2.75) is 51.6 Å². The van der Waals surface area contributed by atoms with Crippen molar-refractivity contribution in [3.63, 3.8) is 0 Å². The molecular formula is C17H20ClN3O2. The van der Waals surface area contributed by atoms with Crippen molar-refractivity contribution in [2.24, 2.45) is 0 Å². The highest BCUT2D eigenvalue weighted by Crippen LogP contribution is 2.19. The van der Waals surface area contributed by atoms with Crippen molar-refractivity contribution in [1.29, 1.82) is 0 Å². The molecule has 1 heterocycles. The van der Waals surface area contributed by atoms with Gasteiger partial charge in [0, 0.05) is 17.6 Å². The lowest BCUT2D eigenvalue weighted by molar-refractivity contribution is 0.0919. The molecule has 5 nitrogen and oxygen atoms in total. The first-order valence-electron chi connectivity index (χ1n) is 8.11. The SMILES string of the molecule is CCn1nc(C(=O)NC2CCCCC2)c(=O)c2cc(Cl)ccc21. The lowest BCUT2D eigenvalue weighted by Gasteiger charge is -2.22. The monoisotopic (exact) mass is 333 g/mol. The minimum Gasteiger partial charge on any atom is -0.348 e. The highest BCUT2D eigenvalue weighted by Gasteiger charge is 2.21. The Labute approximate surface area is 139 Å². The van der Waals surface area contributed by atoms with E-state index in [0.29, 0.717) is 22.5 Å². The molecule has 2 aromatic rings. The van der Waals surface area contributed by atoms with E-state index in [-0.39, 0.29) is 23.1 Å². The fourth-order valence-corrected chi connectivity index (χ4v) is 3.33. The first kappa shape index (κ1) is 16.0. The second kappa shape index (κ2) is 6.71. The molecule has 0 radical (unpaired) electrons. The molecule has 122 valence electrons. The third kappa shape index (κ3) is 3.24. The van der Waals surface area contributed by atoms with Crippen LogP contribution in [-0.2, 0) is 6.54 Å². The smallest absolute Gasteiger partial charge is 0.276 e. The van der Waals surface area contributed by atoms with Gasteiger partial charge in [0.15, 0.2) is 5.69 Å². The molecule has 0 aliphatic heterocycles. The lowest BCUT2D eigenvalue weighted by Crippen LogP contribution is -2.39. The van der Waals surface area contributed by atoms with Crippen molar-refractivity contribution < 1.29 is 4.79 Å². The zero-order valence-electron chi connectivity index (χ0n) is 13.1. The zero-order chi connectivity index (χ0) is 16.4. The van der Waals surface area contributed by atoms with Crippen molar-refractivity contribution in [2.75, 3.05) is 0 Å². The van der Waals surface area contributed by atoms with Gasteiger partial charge >= 0.3 is 0 Å². The molecule has 1 N–H and O–H groups in total. The van der Waals surface area contributed by atoms with Crippen LogP contribution in [0.15, 0.2) is 23.0 Å². The van der Waals surface area contributed by atoms with Gasteiger partial charge in [-0.15, -0.1) is 0 Å². The lowest BCUT2D eigenvalue weighted by atomic mass is 9.95. The Morgan fingerprint density at radius 3 is 2.78 bits per heavy atom. The largest absolute Gasteiger partial charge is 0.348 e. The number of nitrogens with one attached hydrogen (secondary N) is 1. The topological polar surface area (TPSA) is 64.0 Å². The van der Waals surface area contributed by atoms with Crippen LogP contribution in [0.4, 0.5) is 0 Å². The maximum Gasteiger partial charge on any atom is 0.276 e. The molecule has 1 aromatic heterocycles. The molecule has 0 spiro atoms. The van der Waals surface area contributed by atoms with Crippen LogP contribution in [0.5, 0.6) is 0 Å². The number of hydrogen-bond acceptors (Lipinski definition) is 3. The number of nitrogens with zero attached hydrogens (tertiary/aromatic N) is 2. The van der Waals surface area contributed by atoms with Gasteiger partial charge in [0.1, 0.15) is 0 Å². The average Bonchev–Trinajstić information content (AvgIpc) is 2.56. The Balaban J connectivity index is 2.01. The van der Waals surface area contributed by atoms with Gasteiger partial charge in [0.25, 0.3) is 5.91 Å². The second-order valence-electron chi connectivity index (χ2n) is 5.96. The molecule has 1 fully saturated rings. The maximum absolute atomic E-state index is 12.6. The Bertz CT molecular complexity index is 794. The first-order chi connectivity index (χ1) is 11.1. The molecule has 1 aromatic carbocycles. The predicted octanol–water partition coefficient (Wildman–Crippen LogP) is 3.13. The normalized spacial score (nSPS) is 15.7. The summed E-state index contributed by atoms with van der Waals surface area (Å²) in [5, 5.41) is 8.13. The van der Waals surface area contributed by atoms with Crippen LogP contribution in [0, 0.1) is 0 Å². The van der Waals surface area contributed by atoms with E-state index >= 15 is 0 Å². The Morgan fingerprint density at radius 1 is 1.35 bits per heavy atom. The summed E-state index contributed by atoms with van der Waals surface area (Å²) >= 11 is 6.00. The van der Waals surface area contributed by atoms with Gasteiger partial charge in [-0.25, -0.2) is 0 Å². The molecular weight excluding hydrogens is 314 g/mol. The van der Waals surface area contributed by atoms with E-state index in [1.807, 2.05) is 6.92 Å². The summed E-state index contributed by atoms with van der Waals surface area (Å²) in [7, 11) is 0. The van der Waals surface area contributed by atoms with Crippen LogP contribution in [0.25, 0.3) is 10.9 Å². The second-order valence-corrected chi connectivity index (χ2v) is 6.40. The molecule has 1 amide bonds. The van der Waals surface area contributed by atoms with Crippen molar-refractivity contribution in [3.8, 4) is 0 Å². The molecule has 1 aliphatic rings. The quantitative estimate of drug-likeness (QED) is 0.938. The fourth-order valence-electron chi connectivity index (χ4n) is 3.15. The minimum atomic E-state index is -0.383. The van der Waals surface area contributed by atoms with E-state index in [1.54, 1.807) is 22.9 Å². The van der Waals surface area contributed by atoms with Gasteiger partial charge < -0.3 is 5.32 Å². The van der Waals surface area contributed by atoms with Gasteiger partial charge in [-0.2, -0.15) is 5.10 Å².